The summed E-state index contributed by atoms with van der Waals surface area (Å²) in [5.41, 5.74) is 17.2. The summed E-state index contributed by atoms with van der Waals surface area (Å²) in [5.74, 6) is 0.611. The Morgan fingerprint density at radius 2 is 1.16 bits per heavy atom. The number of hydrogen-bond acceptors (Lipinski definition) is 5. The summed E-state index contributed by atoms with van der Waals surface area (Å²) in [4.78, 5) is 19.5. The molecule has 0 fully saturated rings. The molecular weight excluding hydrogens is 709 g/mol. The molecule has 0 saturated heterocycles. The van der Waals surface area contributed by atoms with Crippen molar-refractivity contribution in [1.29, 1.82) is 0 Å². The summed E-state index contributed by atoms with van der Waals surface area (Å²) >= 11 is 0. The third-order valence-electron chi connectivity index (χ3n) is 11.9. The fraction of sp³-hybridized carbons (Fsp3) is 0.0189. The van der Waals surface area contributed by atoms with E-state index >= 15 is 0 Å². The van der Waals surface area contributed by atoms with E-state index < -0.39 is 5.41 Å². The molecule has 0 amide bonds. The summed E-state index contributed by atoms with van der Waals surface area (Å²) in [6.45, 7) is 0. The van der Waals surface area contributed by atoms with Crippen LogP contribution in [0.1, 0.15) is 33.4 Å². The van der Waals surface area contributed by atoms with Gasteiger partial charge in [-0.3, -0.25) is 9.97 Å². The summed E-state index contributed by atoms with van der Waals surface area (Å²) in [6, 6.07) is 58.0. The van der Waals surface area contributed by atoms with E-state index in [1.54, 1.807) is 6.20 Å². The molecule has 0 N–H and O–H groups in total. The van der Waals surface area contributed by atoms with Crippen molar-refractivity contribution in [3.8, 4) is 56.3 Å². The minimum atomic E-state index is -0.644. The molecule has 0 bridgehead atoms. The highest BCUT2D eigenvalue weighted by molar-refractivity contribution is 6.08. The zero-order chi connectivity index (χ0) is 38.2. The van der Waals surface area contributed by atoms with Crippen molar-refractivity contribution in [2.24, 2.45) is 0 Å². The number of furan rings is 1. The Morgan fingerprint density at radius 3 is 2.00 bits per heavy atom. The number of pyridine rings is 2. The van der Waals surface area contributed by atoms with Crippen LogP contribution in [-0.2, 0) is 5.41 Å². The first-order valence-corrected chi connectivity index (χ1v) is 19.5. The number of nitrogens with zero attached hydrogens (tertiary/aromatic N) is 4. The van der Waals surface area contributed by atoms with Crippen LogP contribution in [0.15, 0.2) is 187 Å². The molecule has 0 radical (unpaired) electrons. The number of para-hydroxylation sites is 1. The van der Waals surface area contributed by atoms with Gasteiger partial charge in [-0.25, -0.2) is 9.97 Å². The normalized spacial score (nSPS) is 14.9. The van der Waals surface area contributed by atoms with Crippen LogP contribution in [0.4, 0.5) is 0 Å². The molecule has 1 atom stereocenters. The molecule has 10 aromatic rings. The summed E-state index contributed by atoms with van der Waals surface area (Å²) < 4.78 is 6.61. The first kappa shape index (κ1) is 32.5. The monoisotopic (exact) mass is 740 g/mol. The van der Waals surface area contributed by atoms with Crippen molar-refractivity contribution in [3.63, 3.8) is 0 Å². The van der Waals surface area contributed by atoms with Crippen molar-refractivity contribution < 1.29 is 4.42 Å². The van der Waals surface area contributed by atoms with Crippen LogP contribution < -0.4 is 0 Å². The average molecular weight is 741 g/mol. The quantitative estimate of drug-likeness (QED) is 0.180. The maximum atomic E-state index is 6.61. The van der Waals surface area contributed by atoms with Gasteiger partial charge in [0.25, 0.3) is 0 Å². The van der Waals surface area contributed by atoms with Crippen molar-refractivity contribution in [1.82, 2.24) is 19.9 Å². The molecule has 5 heteroatoms. The topological polar surface area (TPSA) is 64.7 Å². The zero-order valence-corrected chi connectivity index (χ0v) is 31.2. The van der Waals surface area contributed by atoms with Gasteiger partial charge in [0.05, 0.1) is 22.5 Å². The third kappa shape index (κ3) is 4.83. The second-order valence-electron chi connectivity index (χ2n) is 15.0. The summed E-state index contributed by atoms with van der Waals surface area (Å²) in [5, 5.41) is 2.25. The van der Waals surface area contributed by atoms with Crippen LogP contribution >= 0.6 is 0 Å². The van der Waals surface area contributed by atoms with Gasteiger partial charge in [-0.2, -0.15) is 0 Å². The second-order valence-corrected chi connectivity index (χ2v) is 15.0. The Hall–Kier alpha value is -7.76. The molecule has 1 unspecified atom stereocenters. The molecule has 2 aliphatic rings. The van der Waals surface area contributed by atoms with Gasteiger partial charge >= 0.3 is 0 Å². The number of rotatable bonds is 4. The van der Waals surface area contributed by atoms with Crippen molar-refractivity contribution in [2.45, 2.75) is 5.41 Å². The first-order chi connectivity index (χ1) is 28.7. The van der Waals surface area contributed by atoms with E-state index in [2.05, 4.69) is 132 Å². The van der Waals surface area contributed by atoms with E-state index in [4.69, 9.17) is 19.4 Å². The largest absolute Gasteiger partial charge is 0.456 e. The van der Waals surface area contributed by atoms with Crippen LogP contribution in [0.3, 0.4) is 0 Å². The predicted molar refractivity (Wildman–Crippen MR) is 233 cm³/mol. The summed E-state index contributed by atoms with van der Waals surface area (Å²) in [6.07, 6.45) is 9.98. The second kappa shape index (κ2) is 12.6. The minimum absolute atomic E-state index is 0.611. The number of hydrogen-bond donors (Lipinski definition) is 0. The Labute approximate surface area is 334 Å². The number of aromatic nitrogens is 4. The fourth-order valence-corrected chi connectivity index (χ4v) is 9.26. The average Bonchev–Trinajstić information content (AvgIpc) is 3.75. The Balaban J connectivity index is 1.11. The van der Waals surface area contributed by atoms with Gasteiger partial charge in [-0.05, 0) is 99.1 Å². The van der Waals surface area contributed by atoms with Gasteiger partial charge < -0.3 is 4.42 Å². The molecule has 1 spiro atoms. The van der Waals surface area contributed by atoms with Gasteiger partial charge in [0.1, 0.15) is 11.2 Å². The Morgan fingerprint density at radius 1 is 0.414 bits per heavy atom. The molecule has 5 nitrogen and oxygen atoms in total. The first-order valence-electron chi connectivity index (χ1n) is 19.5. The number of fused-ring (bicyclic) bond motifs is 12. The van der Waals surface area contributed by atoms with Gasteiger partial charge in [-0.15, -0.1) is 0 Å². The number of benzene rings is 6. The molecular formula is C53H32N4O. The minimum Gasteiger partial charge on any atom is -0.456 e. The molecule has 58 heavy (non-hydrogen) atoms. The molecule has 4 heterocycles. The van der Waals surface area contributed by atoms with Gasteiger partial charge in [-0.1, -0.05) is 121 Å². The van der Waals surface area contributed by atoms with E-state index in [1.165, 1.54) is 38.9 Å². The lowest BCUT2D eigenvalue weighted by molar-refractivity contribution is 0.666. The predicted octanol–water partition coefficient (Wildman–Crippen LogP) is 12.7. The standard InChI is InChI=1S/C53H32N4O/c1-2-12-35(13-3-1)48-30-49(57-52(56-48)38-24-25-47(55-32-38)37-14-10-26-54-31-37)36-23-22-34-21-20-33-11-4-7-17-43(33)53(45(34)27-36)44-18-8-5-15-39(44)41-28-42-40-16-6-9-19-50(40)58-51(42)29-46(41)53/h1-32H. The van der Waals surface area contributed by atoms with Crippen molar-refractivity contribution in [3.05, 3.63) is 216 Å². The fourth-order valence-electron chi connectivity index (χ4n) is 9.26. The smallest absolute Gasteiger partial charge is 0.161 e. The summed E-state index contributed by atoms with van der Waals surface area (Å²) in [7, 11) is 0. The lowest BCUT2D eigenvalue weighted by Crippen LogP contribution is -2.30. The van der Waals surface area contributed by atoms with E-state index in [0.29, 0.717) is 5.82 Å². The van der Waals surface area contributed by atoms with Crippen LogP contribution in [0.25, 0.3) is 90.4 Å². The van der Waals surface area contributed by atoms with E-state index in [-0.39, 0.29) is 0 Å². The van der Waals surface area contributed by atoms with E-state index in [0.717, 1.165) is 66.8 Å². The zero-order valence-electron chi connectivity index (χ0n) is 31.2. The van der Waals surface area contributed by atoms with Crippen molar-refractivity contribution >= 4 is 34.1 Å². The Kier molecular flexibility index (Phi) is 7.07. The van der Waals surface area contributed by atoms with Crippen molar-refractivity contribution in [2.75, 3.05) is 0 Å². The highest BCUT2D eigenvalue weighted by atomic mass is 16.3. The van der Waals surface area contributed by atoms with E-state index in [9.17, 15) is 0 Å². The van der Waals surface area contributed by atoms with Gasteiger partial charge in [0, 0.05) is 51.6 Å². The van der Waals surface area contributed by atoms with Gasteiger partial charge in [0.2, 0.25) is 0 Å². The Bertz CT molecular complexity index is 3280. The third-order valence-corrected chi connectivity index (χ3v) is 11.9. The van der Waals surface area contributed by atoms with Gasteiger partial charge in [0.15, 0.2) is 5.82 Å². The molecule has 0 saturated carbocycles. The molecule has 6 aromatic carbocycles. The van der Waals surface area contributed by atoms with Crippen LogP contribution in [0.2, 0.25) is 0 Å². The molecule has 0 aliphatic heterocycles. The molecule has 2 aliphatic carbocycles. The van der Waals surface area contributed by atoms with Crippen LogP contribution in [0, 0.1) is 0 Å². The van der Waals surface area contributed by atoms with Crippen LogP contribution in [0.5, 0.6) is 0 Å². The van der Waals surface area contributed by atoms with Crippen LogP contribution in [-0.4, -0.2) is 19.9 Å². The van der Waals surface area contributed by atoms with E-state index in [1.807, 2.05) is 60.9 Å². The molecule has 4 aromatic heterocycles. The maximum Gasteiger partial charge on any atom is 0.161 e. The lowest BCUT2D eigenvalue weighted by atomic mass is 9.65. The molecule has 270 valence electrons. The molecule has 12 rings (SSSR count). The lowest BCUT2D eigenvalue weighted by Gasteiger charge is -2.35. The highest BCUT2D eigenvalue weighted by Crippen LogP contribution is 2.59. The SMILES string of the molecule is C1=Cc2ccc(-c3cc(-c4ccccc4)nc(-c4ccc(-c5cccnc5)nc4)n3)cc2C2(c3ccccc31)c1ccccc1-c1cc3c(cc12)oc1ccccc13. The maximum absolute atomic E-state index is 6.61. The highest BCUT2D eigenvalue weighted by Gasteiger charge is 2.49.